The second-order valence-corrected chi connectivity index (χ2v) is 4.87. The molecule has 0 N–H and O–H groups in total. The summed E-state index contributed by atoms with van der Waals surface area (Å²) in [6.45, 7) is 0.877. The van der Waals surface area contributed by atoms with Crippen LogP contribution in [0.2, 0.25) is 0 Å². The lowest BCUT2D eigenvalue weighted by Crippen LogP contribution is -2.32. The van der Waals surface area contributed by atoms with Crippen molar-refractivity contribution >= 4 is 21.8 Å². The molecule has 0 fully saturated rings. The van der Waals surface area contributed by atoms with Crippen molar-refractivity contribution in [3.8, 4) is 0 Å². The first-order valence-corrected chi connectivity index (χ1v) is 5.94. The highest BCUT2D eigenvalue weighted by Crippen LogP contribution is 2.19. The Bertz CT molecular complexity index is 487. The highest BCUT2D eigenvalue weighted by atomic mass is 79.9. The second-order valence-electron chi connectivity index (χ2n) is 3.85. The topological polar surface area (TPSA) is 20.3 Å². The molecule has 0 aromatic heterocycles. The maximum atomic E-state index is 13.0. The third-order valence-electron chi connectivity index (χ3n) is 2.57. The van der Waals surface area contributed by atoms with Gasteiger partial charge in [0.1, 0.15) is 0 Å². The maximum Gasteiger partial charge on any atom is 0.247 e. The first-order valence-electron chi connectivity index (χ1n) is 5.15. The molecule has 90 valence electrons. The van der Waals surface area contributed by atoms with Crippen molar-refractivity contribution in [2.45, 2.75) is 13.0 Å². The predicted molar refractivity (Wildman–Crippen MR) is 63.4 cm³/mol. The largest absolute Gasteiger partial charge is 0.334 e. The Morgan fingerprint density at radius 2 is 2.06 bits per heavy atom. The monoisotopic (exact) mass is 301 g/mol. The van der Waals surface area contributed by atoms with Crippen molar-refractivity contribution in [3.05, 3.63) is 46.0 Å². The van der Waals surface area contributed by atoms with Gasteiger partial charge < -0.3 is 4.90 Å². The van der Waals surface area contributed by atoms with Gasteiger partial charge in [0.05, 0.1) is 0 Å². The lowest BCUT2D eigenvalue weighted by atomic mass is 10.1. The summed E-state index contributed by atoms with van der Waals surface area (Å²) < 4.78 is 26.6. The van der Waals surface area contributed by atoms with E-state index in [1.54, 1.807) is 4.90 Å². The van der Waals surface area contributed by atoms with Crippen molar-refractivity contribution in [1.29, 1.82) is 0 Å². The molecule has 1 aromatic carbocycles. The SMILES string of the molecule is O=C1C=C(Br)CCN1Cc1ccc(F)c(F)c1. The van der Waals surface area contributed by atoms with Crippen molar-refractivity contribution < 1.29 is 13.6 Å². The van der Waals surface area contributed by atoms with Gasteiger partial charge in [-0.3, -0.25) is 4.79 Å². The smallest absolute Gasteiger partial charge is 0.247 e. The van der Waals surface area contributed by atoms with Gasteiger partial charge in [0.15, 0.2) is 11.6 Å². The minimum absolute atomic E-state index is 0.118. The molecule has 0 bridgehead atoms. The molecule has 1 amide bonds. The number of carbonyl (C=O) groups is 1. The van der Waals surface area contributed by atoms with Crippen LogP contribution in [0.15, 0.2) is 28.8 Å². The molecule has 0 radical (unpaired) electrons. The fourth-order valence-corrected chi connectivity index (χ4v) is 2.04. The van der Waals surface area contributed by atoms with Crippen molar-refractivity contribution in [2.75, 3.05) is 6.54 Å². The van der Waals surface area contributed by atoms with Crippen LogP contribution in [0.3, 0.4) is 0 Å². The average molecular weight is 302 g/mol. The van der Waals surface area contributed by atoms with E-state index in [0.29, 0.717) is 18.7 Å². The van der Waals surface area contributed by atoms with Gasteiger partial charge in [0, 0.05) is 23.6 Å². The first-order chi connectivity index (χ1) is 8.06. The Balaban J connectivity index is 2.11. The summed E-state index contributed by atoms with van der Waals surface area (Å²) in [7, 11) is 0. The van der Waals surface area contributed by atoms with Gasteiger partial charge in [0.25, 0.3) is 0 Å². The number of hydrogen-bond donors (Lipinski definition) is 0. The molecule has 2 rings (SSSR count). The van der Waals surface area contributed by atoms with E-state index < -0.39 is 11.6 Å². The first kappa shape index (κ1) is 12.2. The molecular formula is C12H10BrF2NO. The molecule has 2 nitrogen and oxygen atoms in total. The molecular weight excluding hydrogens is 292 g/mol. The van der Waals surface area contributed by atoms with E-state index in [4.69, 9.17) is 0 Å². The van der Waals surface area contributed by atoms with Gasteiger partial charge in [-0.2, -0.15) is 0 Å². The van der Waals surface area contributed by atoms with E-state index in [1.165, 1.54) is 12.1 Å². The van der Waals surface area contributed by atoms with E-state index in [9.17, 15) is 13.6 Å². The summed E-state index contributed by atoms with van der Waals surface area (Å²) in [5, 5.41) is 0. The van der Waals surface area contributed by atoms with Crippen LogP contribution in [0.25, 0.3) is 0 Å². The Morgan fingerprint density at radius 3 is 2.71 bits per heavy atom. The number of benzene rings is 1. The van der Waals surface area contributed by atoms with Crippen LogP contribution in [0.5, 0.6) is 0 Å². The van der Waals surface area contributed by atoms with E-state index in [1.807, 2.05) is 0 Å². The number of halogens is 3. The van der Waals surface area contributed by atoms with Crippen molar-refractivity contribution in [2.24, 2.45) is 0 Å². The highest BCUT2D eigenvalue weighted by molar-refractivity contribution is 9.11. The van der Waals surface area contributed by atoms with Gasteiger partial charge in [-0.25, -0.2) is 8.78 Å². The normalized spacial score (nSPS) is 16.1. The number of nitrogens with zero attached hydrogens (tertiary/aromatic N) is 1. The quantitative estimate of drug-likeness (QED) is 0.822. The van der Waals surface area contributed by atoms with Crippen LogP contribution < -0.4 is 0 Å². The molecule has 5 heteroatoms. The fourth-order valence-electron chi connectivity index (χ4n) is 1.66. The summed E-state index contributed by atoms with van der Waals surface area (Å²) in [5.41, 5.74) is 0.587. The Hall–Kier alpha value is -1.23. The minimum Gasteiger partial charge on any atom is -0.334 e. The van der Waals surface area contributed by atoms with E-state index >= 15 is 0 Å². The zero-order chi connectivity index (χ0) is 12.4. The van der Waals surface area contributed by atoms with Crippen LogP contribution in [-0.4, -0.2) is 17.4 Å². The molecule has 1 aliphatic rings. The van der Waals surface area contributed by atoms with E-state index in [-0.39, 0.29) is 5.91 Å². The van der Waals surface area contributed by atoms with E-state index in [0.717, 1.165) is 23.0 Å². The zero-order valence-corrected chi connectivity index (χ0v) is 10.5. The van der Waals surface area contributed by atoms with Gasteiger partial charge in [-0.1, -0.05) is 22.0 Å². The Morgan fingerprint density at radius 1 is 1.29 bits per heavy atom. The zero-order valence-electron chi connectivity index (χ0n) is 8.92. The van der Waals surface area contributed by atoms with Crippen LogP contribution >= 0.6 is 15.9 Å². The number of hydrogen-bond acceptors (Lipinski definition) is 1. The average Bonchev–Trinajstić information content (AvgIpc) is 2.27. The molecule has 0 saturated carbocycles. The van der Waals surface area contributed by atoms with Gasteiger partial charge >= 0.3 is 0 Å². The van der Waals surface area contributed by atoms with Crippen molar-refractivity contribution in [1.82, 2.24) is 4.90 Å². The molecule has 0 saturated heterocycles. The molecule has 0 atom stereocenters. The van der Waals surface area contributed by atoms with Crippen LogP contribution in [0.4, 0.5) is 8.78 Å². The predicted octanol–water partition coefficient (Wildman–Crippen LogP) is 2.98. The Labute approximate surface area is 106 Å². The standard InChI is InChI=1S/C12H10BrF2NO/c13-9-3-4-16(12(17)6-9)7-8-1-2-10(14)11(15)5-8/h1-2,5-6H,3-4,7H2. The lowest BCUT2D eigenvalue weighted by molar-refractivity contribution is -0.127. The van der Waals surface area contributed by atoms with Gasteiger partial charge in [-0.05, 0) is 24.1 Å². The number of carbonyl (C=O) groups excluding carboxylic acids is 1. The van der Waals surface area contributed by atoms with Crippen LogP contribution in [0.1, 0.15) is 12.0 Å². The third-order valence-corrected chi connectivity index (χ3v) is 3.20. The highest BCUT2D eigenvalue weighted by Gasteiger charge is 2.17. The molecule has 1 aliphatic heterocycles. The fraction of sp³-hybridized carbons (Fsp3) is 0.250. The summed E-state index contributed by atoms with van der Waals surface area (Å²) >= 11 is 3.27. The van der Waals surface area contributed by atoms with Crippen LogP contribution in [0, 0.1) is 11.6 Å². The number of rotatable bonds is 2. The third kappa shape index (κ3) is 2.91. The summed E-state index contributed by atoms with van der Waals surface area (Å²) in [6, 6.07) is 3.68. The van der Waals surface area contributed by atoms with Gasteiger partial charge in [-0.15, -0.1) is 0 Å². The summed E-state index contributed by atoms with van der Waals surface area (Å²) in [6.07, 6.45) is 2.25. The van der Waals surface area contributed by atoms with Crippen molar-refractivity contribution in [3.63, 3.8) is 0 Å². The number of amides is 1. The molecule has 0 unspecified atom stereocenters. The summed E-state index contributed by atoms with van der Waals surface area (Å²) in [4.78, 5) is 13.2. The second kappa shape index (κ2) is 4.96. The lowest BCUT2D eigenvalue weighted by Gasteiger charge is -2.24. The molecule has 0 aliphatic carbocycles. The maximum absolute atomic E-state index is 13.0. The minimum atomic E-state index is -0.885. The molecule has 1 heterocycles. The molecule has 1 aromatic rings. The van der Waals surface area contributed by atoms with Gasteiger partial charge in [0.2, 0.25) is 5.91 Å². The molecule has 17 heavy (non-hydrogen) atoms. The molecule has 0 spiro atoms. The van der Waals surface area contributed by atoms with E-state index in [2.05, 4.69) is 15.9 Å². The summed E-state index contributed by atoms with van der Waals surface area (Å²) in [5.74, 6) is -1.88. The van der Waals surface area contributed by atoms with Crippen LogP contribution in [-0.2, 0) is 11.3 Å². The Kier molecular flexibility index (Phi) is 3.57.